The SMILES string of the molecule is CCCCC(=O)C(c1ccc(OC)c(OC)c1)C(C)C. The summed E-state index contributed by atoms with van der Waals surface area (Å²) in [5.41, 5.74) is 1.01. The molecule has 3 heteroatoms. The first kappa shape index (κ1) is 16.5. The minimum absolute atomic E-state index is 0.0682. The van der Waals surface area contributed by atoms with Gasteiger partial charge in [0.1, 0.15) is 5.78 Å². The van der Waals surface area contributed by atoms with Crippen molar-refractivity contribution in [1.82, 2.24) is 0 Å². The fourth-order valence-electron chi connectivity index (χ4n) is 2.50. The van der Waals surface area contributed by atoms with Gasteiger partial charge in [0, 0.05) is 12.3 Å². The van der Waals surface area contributed by atoms with E-state index in [4.69, 9.17) is 9.47 Å². The van der Waals surface area contributed by atoms with Gasteiger partial charge in [0.05, 0.1) is 14.2 Å². The number of Topliss-reactive ketones (excluding diaryl/α,β-unsaturated/α-hetero) is 1. The van der Waals surface area contributed by atoms with Gasteiger partial charge in [-0.2, -0.15) is 0 Å². The lowest BCUT2D eigenvalue weighted by Gasteiger charge is -2.21. The number of rotatable bonds is 8. The average molecular weight is 278 g/mol. The molecule has 3 nitrogen and oxygen atoms in total. The standard InChI is InChI=1S/C17H26O3/c1-6-7-8-14(18)17(12(2)3)13-9-10-15(19-4)16(11-13)20-5/h9-12,17H,6-8H2,1-5H3. The Morgan fingerprint density at radius 3 is 2.30 bits per heavy atom. The number of unbranched alkanes of at least 4 members (excludes halogenated alkanes) is 1. The molecule has 1 aromatic rings. The molecule has 0 amide bonds. The molecule has 0 spiro atoms. The highest BCUT2D eigenvalue weighted by atomic mass is 16.5. The second-order valence-corrected chi connectivity index (χ2v) is 5.41. The number of methoxy groups -OCH3 is 2. The van der Waals surface area contributed by atoms with Gasteiger partial charge >= 0.3 is 0 Å². The van der Waals surface area contributed by atoms with Crippen LogP contribution < -0.4 is 9.47 Å². The number of carbonyl (C=O) groups excluding carboxylic acids is 1. The summed E-state index contributed by atoms with van der Waals surface area (Å²) >= 11 is 0. The Bertz CT molecular complexity index is 438. The molecule has 1 unspecified atom stereocenters. The van der Waals surface area contributed by atoms with Crippen LogP contribution in [0.4, 0.5) is 0 Å². The van der Waals surface area contributed by atoms with Crippen molar-refractivity contribution in [2.75, 3.05) is 14.2 Å². The maximum atomic E-state index is 12.4. The van der Waals surface area contributed by atoms with E-state index in [0.717, 1.165) is 18.4 Å². The molecule has 0 saturated carbocycles. The third-order valence-electron chi connectivity index (χ3n) is 3.56. The normalized spacial score (nSPS) is 12.3. The van der Waals surface area contributed by atoms with Gasteiger partial charge in [-0.05, 0) is 30.0 Å². The van der Waals surface area contributed by atoms with E-state index < -0.39 is 0 Å². The largest absolute Gasteiger partial charge is 0.493 e. The Morgan fingerprint density at radius 2 is 1.80 bits per heavy atom. The fourth-order valence-corrected chi connectivity index (χ4v) is 2.50. The number of ketones is 1. The summed E-state index contributed by atoms with van der Waals surface area (Å²) in [4.78, 5) is 12.4. The van der Waals surface area contributed by atoms with Crippen molar-refractivity contribution < 1.29 is 14.3 Å². The molecule has 0 N–H and O–H groups in total. The maximum absolute atomic E-state index is 12.4. The molecule has 0 fully saturated rings. The molecule has 1 rings (SSSR count). The zero-order valence-electron chi connectivity index (χ0n) is 13.2. The third kappa shape index (κ3) is 3.99. The predicted molar refractivity (Wildman–Crippen MR) is 81.7 cm³/mol. The van der Waals surface area contributed by atoms with Gasteiger partial charge in [-0.3, -0.25) is 4.79 Å². The van der Waals surface area contributed by atoms with Gasteiger partial charge < -0.3 is 9.47 Å². The summed E-state index contributed by atoms with van der Waals surface area (Å²) in [5.74, 6) is 1.89. The molecule has 112 valence electrons. The summed E-state index contributed by atoms with van der Waals surface area (Å²) in [5, 5.41) is 0. The van der Waals surface area contributed by atoms with Gasteiger partial charge in [-0.15, -0.1) is 0 Å². The van der Waals surface area contributed by atoms with Crippen molar-refractivity contribution in [3.63, 3.8) is 0 Å². The fraction of sp³-hybridized carbons (Fsp3) is 0.588. The molecular weight excluding hydrogens is 252 g/mol. The van der Waals surface area contributed by atoms with Crippen LogP contribution in [-0.4, -0.2) is 20.0 Å². The van der Waals surface area contributed by atoms with E-state index in [9.17, 15) is 4.79 Å². The lowest BCUT2D eigenvalue weighted by Crippen LogP contribution is -2.18. The Kier molecular flexibility index (Phi) is 6.56. The van der Waals surface area contributed by atoms with Crippen molar-refractivity contribution >= 4 is 5.78 Å². The Labute approximate surface area is 122 Å². The minimum atomic E-state index is -0.0682. The van der Waals surface area contributed by atoms with E-state index in [-0.39, 0.29) is 11.8 Å². The van der Waals surface area contributed by atoms with E-state index in [1.807, 2.05) is 18.2 Å². The summed E-state index contributed by atoms with van der Waals surface area (Å²) in [6, 6.07) is 5.76. The molecule has 0 radical (unpaired) electrons. The van der Waals surface area contributed by atoms with Gasteiger partial charge in [0.25, 0.3) is 0 Å². The van der Waals surface area contributed by atoms with Crippen molar-refractivity contribution in [2.45, 2.75) is 46.0 Å². The summed E-state index contributed by atoms with van der Waals surface area (Å²) in [7, 11) is 3.23. The number of hydrogen-bond donors (Lipinski definition) is 0. The minimum Gasteiger partial charge on any atom is -0.493 e. The maximum Gasteiger partial charge on any atom is 0.161 e. The van der Waals surface area contributed by atoms with Crippen molar-refractivity contribution in [3.8, 4) is 11.5 Å². The second-order valence-electron chi connectivity index (χ2n) is 5.41. The number of ether oxygens (including phenoxy) is 2. The summed E-state index contributed by atoms with van der Waals surface area (Å²) < 4.78 is 10.6. The first-order chi connectivity index (χ1) is 9.54. The quantitative estimate of drug-likeness (QED) is 0.715. The zero-order valence-corrected chi connectivity index (χ0v) is 13.2. The van der Waals surface area contributed by atoms with Gasteiger partial charge in [-0.25, -0.2) is 0 Å². The van der Waals surface area contributed by atoms with Crippen LogP contribution in [0.25, 0.3) is 0 Å². The number of benzene rings is 1. The molecule has 1 aromatic carbocycles. The third-order valence-corrected chi connectivity index (χ3v) is 3.56. The molecule has 0 aliphatic heterocycles. The van der Waals surface area contributed by atoms with Gasteiger partial charge in [0.2, 0.25) is 0 Å². The molecular formula is C17H26O3. The van der Waals surface area contributed by atoms with Gasteiger partial charge in [-0.1, -0.05) is 33.3 Å². The van der Waals surface area contributed by atoms with Crippen LogP contribution in [0.15, 0.2) is 18.2 Å². The highest BCUT2D eigenvalue weighted by Crippen LogP contribution is 2.34. The van der Waals surface area contributed by atoms with Crippen LogP contribution in [0.3, 0.4) is 0 Å². The van der Waals surface area contributed by atoms with E-state index in [1.54, 1.807) is 14.2 Å². The molecule has 0 aromatic heterocycles. The number of hydrogen-bond acceptors (Lipinski definition) is 3. The molecule has 1 atom stereocenters. The monoisotopic (exact) mass is 278 g/mol. The predicted octanol–water partition coefficient (Wildman–Crippen LogP) is 4.20. The smallest absolute Gasteiger partial charge is 0.161 e. The highest BCUT2D eigenvalue weighted by Gasteiger charge is 2.24. The highest BCUT2D eigenvalue weighted by molar-refractivity contribution is 5.86. The van der Waals surface area contributed by atoms with E-state index in [0.29, 0.717) is 23.7 Å². The Hall–Kier alpha value is -1.51. The van der Waals surface area contributed by atoms with Crippen LogP contribution in [0, 0.1) is 5.92 Å². The Morgan fingerprint density at radius 1 is 1.15 bits per heavy atom. The van der Waals surface area contributed by atoms with Crippen LogP contribution in [-0.2, 0) is 4.79 Å². The molecule has 20 heavy (non-hydrogen) atoms. The van der Waals surface area contributed by atoms with Gasteiger partial charge in [0.15, 0.2) is 11.5 Å². The van der Waals surface area contributed by atoms with Crippen LogP contribution in [0.5, 0.6) is 11.5 Å². The molecule has 0 saturated heterocycles. The lowest BCUT2D eigenvalue weighted by molar-refractivity contribution is -0.121. The second kappa shape index (κ2) is 7.93. The first-order valence-corrected chi connectivity index (χ1v) is 7.29. The van der Waals surface area contributed by atoms with E-state index >= 15 is 0 Å². The topological polar surface area (TPSA) is 35.5 Å². The molecule has 0 aliphatic carbocycles. The summed E-state index contributed by atoms with van der Waals surface area (Å²) in [6.07, 6.45) is 2.64. The van der Waals surface area contributed by atoms with E-state index in [1.165, 1.54) is 0 Å². The lowest BCUT2D eigenvalue weighted by atomic mass is 9.83. The number of carbonyl (C=O) groups is 1. The van der Waals surface area contributed by atoms with Crippen LogP contribution >= 0.6 is 0 Å². The van der Waals surface area contributed by atoms with Crippen LogP contribution in [0.1, 0.15) is 51.5 Å². The average Bonchev–Trinajstić information content (AvgIpc) is 2.44. The molecule has 0 aliphatic rings. The van der Waals surface area contributed by atoms with Crippen molar-refractivity contribution in [3.05, 3.63) is 23.8 Å². The van der Waals surface area contributed by atoms with Crippen molar-refractivity contribution in [2.24, 2.45) is 5.92 Å². The first-order valence-electron chi connectivity index (χ1n) is 7.29. The van der Waals surface area contributed by atoms with E-state index in [2.05, 4.69) is 20.8 Å². The van der Waals surface area contributed by atoms with Crippen molar-refractivity contribution in [1.29, 1.82) is 0 Å². The zero-order chi connectivity index (χ0) is 15.1. The molecule has 0 bridgehead atoms. The van der Waals surface area contributed by atoms with Crippen LogP contribution in [0.2, 0.25) is 0 Å². The molecule has 0 heterocycles. The Balaban J connectivity index is 3.06. The summed E-state index contributed by atoms with van der Waals surface area (Å²) in [6.45, 7) is 6.28.